The van der Waals surface area contributed by atoms with Gasteiger partial charge in [-0.1, -0.05) is 107 Å². The highest BCUT2D eigenvalue weighted by molar-refractivity contribution is 9.10. The Kier molecular flexibility index (Phi) is 12.6. The first-order chi connectivity index (χ1) is 14.2. The van der Waals surface area contributed by atoms with E-state index in [1.807, 2.05) is 6.92 Å². The van der Waals surface area contributed by atoms with Crippen LogP contribution in [0.2, 0.25) is 0 Å². The first-order valence-corrected chi connectivity index (χ1v) is 11.4. The molecule has 0 saturated heterocycles. The van der Waals surface area contributed by atoms with Gasteiger partial charge in [-0.2, -0.15) is 0 Å². The van der Waals surface area contributed by atoms with Gasteiger partial charge < -0.3 is 4.79 Å². The molecule has 0 heterocycles. The molecule has 0 spiro atoms. The molecule has 2 rings (SSSR count). The van der Waals surface area contributed by atoms with Crippen molar-refractivity contribution in [2.75, 3.05) is 0 Å². The third-order valence-corrected chi connectivity index (χ3v) is 5.05. The van der Waals surface area contributed by atoms with E-state index in [1.165, 1.54) is 16.7 Å². The molecule has 2 aromatic carbocycles. The van der Waals surface area contributed by atoms with Crippen molar-refractivity contribution >= 4 is 28.5 Å². The molecule has 1 unspecified atom stereocenters. The lowest BCUT2D eigenvalue weighted by Gasteiger charge is -2.19. The summed E-state index contributed by atoms with van der Waals surface area (Å²) >= 11 is 3.41. The molecule has 2 nitrogen and oxygen atoms in total. The molecule has 0 aromatic heterocycles. The van der Waals surface area contributed by atoms with Crippen LogP contribution in [0.15, 0.2) is 65.2 Å². The molecule has 31 heavy (non-hydrogen) atoms. The highest BCUT2D eigenvalue weighted by Crippen LogP contribution is 2.24. The van der Waals surface area contributed by atoms with Crippen LogP contribution in [0, 0.1) is 5.92 Å². The van der Waals surface area contributed by atoms with Crippen molar-refractivity contribution in [1.82, 2.24) is 0 Å². The van der Waals surface area contributed by atoms with Crippen molar-refractivity contribution < 1.29 is 9.59 Å². The highest BCUT2D eigenvalue weighted by atomic mass is 79.9. The van der Waals surface area contributed by atoms with Crippen LogP contribution in [0.3, 0.4) is 0 Å². The van der Waals surface area contributed by atoms with Gasteiger partial charge in [-0.25, -0.2) is 0 Å². The molecule has 0 amide bonds. The number of halogens is 1. The smallest absolute Gasteiger partial charge is 0.145 e. The number of carbonyl (C=O) groups is 2. The first-order valence-electron chi connectivity index (χ1n) is 10.6. The van der Waals surface area contributed by atoms with E-state index in [1.54, 1.807) is 6.92 Å². The number of aldehydes is 2. The fourth-order valence-corrected chi connectivity index (χ4v) is 2.77. The van der Waals surface area contributed by atoms with E-state index in [0.29, 0.717) is 5.57 Å². The average molecular weight is 488 g/mol. The predicted molar refractivity (Wildman–Crippen MR) is 138 cm³/mol. The summed E-state index contributed by atoms with van der Waals surface area (Å²) in [4.78, 5) is 19.9. The van der Waals surface area contributed by atoms with Gasteiger partial charge in [0.15, 0.2) is 0 Å². The standard InChI is InChI=1S/C14H20O.C10H13Br.C4H6O/c1-11(10-15)9-12-5-7-13(8-6-12)14(2,3)4;1-10(2,3)8-4-6-9(11)7-5-8;1-4(2)3-5/h5-8,10-11H,9H2,1-4H3;4-7H,1-3H3;3H,1H2,2H3. The minimum atomic E-state index is 0.116. The van der Waals surface area contributed by atoms with Gasteiger partial charge in [-0.05, 0) is 58.6 Å². The molecule has 0 radical (unpaired) electrons. The molecule has 0 aliphatic rings. The van der Waals surface area contributed by atoms with Crippen molar-refractivity contribution in [3.05, 3.63) is 81.8 Å². The summed E-state index contributed by atoms with van der Waals surface area (Å²) in [6, 6.07) is 17.1. The molecular weight excluding hydrogens is 448 g/mol. The third-order valence-electron chi connectivity index (χ3n) is 4.52. The van der Waals surface area contributed by atoms with Gasteiger partial charge in [0.2, 0.25) is 0 Å². The highest BCUT2D eigenvalue weighted by Gasteiger charge is 2.13. The second kappa shape index (κ2) is 13.4. The lowest BCUT2D eigenvalue weighted by molar-refractivity contribution is -0.110. The number of hydrogen-bond donors (Lipinski definition) is 0. The summed E-state index contributed by atoms with van der Waals surface area (Å²) in [5, 5.41) is 0. The van der Waals surface area contributed by atoms with Gasteiger partial charge in [0.25, 0.3) is 0 Å². The maximum atomic E-state index is 10.5. The number of allylic oxidation sites excluding steroid dienone is 1. The molecule has 0 N–H and O–H groups in total. The summed E-state index contributed by atoms with van der Waals surface area (Å²) in [7, 11) is 0. The van der Waals surface area contributed by atoms with E-state index in [9.17, 15) is 9.59 Å². The molecule has 0 fully saturated rings. The van der Waals surface area contributed by atoms with E-state index >= 15 is 0 Å². The second-order valence-electron chi connectivity index (χ2n) is 9.99. The second-order valence-corrected chi connectivity index (χ2v) is 10.9. The predicted octanol–water partition coefficient (Wildman–Crippen LogP) is 7.87. The van der Waals surface area contributed by atoms with Gasteiger partial charge >= 0.3 is 0 Å². The van der Waals surface area contributed by atoms with E-state index in [4.69, 9.17) is 0 Å². The van der Waals surface area contributed by atoms with E-state index in [0.717, 1.165) is 23.5 Å². The Morgan fingerprint density at radius 2 is 1.23 bits per heavy atom. The summed E-state index contributed by atoms with van der Waals surface area (Å²) in [5.74, 6) is 0.116. The lowest BCUT2D eigenvalue weighted by atomic mass is 9.86. The van der Waals surface area contributed by atoms with Gasteiger partial charge in [0.05, 0.1) is 0 Å². The van der Waals surface area contributed by atoms with Crippen molar-refractivity contribution in [1.29, 1.82) is 0 Å². The Hall–Kier alpha value is -2.00. The number of carbonyl (C=O) groups excluding carboxylic acids is 2. The van der Waals surface area contributed by atoms with Crippen LogP contribution in [0.25, 0.3) is 0 Å². The largest absolute Gasteiger partial charge is 0.303 e. The van der Waals surface area contributed by atoms with E-state index in [-0.39, 0.29) is 16.7 Å². The van der Waals surface area contributed by atoms with Crippen molar-refractivity contribution in [3.63, 3.8) is 0 Å². The SMILES string of the molecule is C=C(C)C=O.CC(C)(C)c1ccc(Br)cc1.CC(C=O)Cc1ccc(C(C)(C)C)cc1. The van der Waals surface area contributed by atoms with Crippen molar-refractivity contribution in [3.8, 4) is 0 Å². The molecule has 170 valence electrons. The van der Waals surface area contributed by atoms with E-state index < -0.39 is 0 Å². The van der Waals surface area contributed by atoms with Gasteiger partial charge in [0, 0.05) is 10.4 Å². The van der Waals surface area contributed by atoms with Crippen LogP contribution in [-0.2, 0) is 26.8 Å². The Bertz CT molecular complexity index is 804. The van der Waals surface area contributed by atoms with Crippen LogP contribution in [0.5, 0.6) is 0 Å². The molecule has 0 aliphatic heterocycles. The van der Waals surface area contributed by atoms with Crippen LogP contribution < -0.4 is 0 Å². The van der Waals surface area contributed by atoms with Crippen LogP contribution in [0.4, 0.5) is 0 Å². The zero-order chi connectivity index (χ0) is 24.2. The third kappa shape index (κ3) is 13.1. The normalized spacial score (nSPS) is 11.8. The molecular formula is C28H39BrO2. The summed E-state index contributed by atoms with van der Waals surface area (Å²) in [6.07, 6.45) is 2.57. The number of benzene rings is 2. The maximum absolute atomic E-state index is 10.5. The summed E-state index contributed by atoms with van der Waals surface area (Å²) in [6.45, 7) is 20.2. The minimum Gasteiger partial charge on any atom is -0.303 e. The molecule has 0 bridgehead atoms. The van der Waals surface area contributed by atoms with Crippen molar-refractivity contribution in [2.24, 2.45) is 5.92 Å². The van der Waals surface area contributed by atoms with Crippen LogP contribution in [-0.4, -0.2) is 12.6 Å². The number of rotatable bonds is 4. The fourth-order valence-electron chi connectivity index (χ4n) is 2.51. The zero-order valence-electron chi connectivity index (χ0n) is 20.5. The summed E-state index contributed by atoms with van der Waals surface area (Å²) in [5.41, 5.74) is 4.99. The Morgan fingerprint density at radius 1 is 0.871 bits per heavy atom. The first kappa shape index (κ1) is 29.0. The molecule has 2 aromatic rings. The molecule has 3 heteroatoms. The van der Waals surface area contributed by atoms with Gasteiger partial charge in [-0.3, -0.25) is 4.79 Å². The molecule has 1 atom stereocenters. The van der Waals surface area contributed by atoms with Gasteiger partial charge in [-0.15, -0.1) is 0 Å². The quantitative estimate of drug-likeness (QED) is 0.325. The van der Waals surface area contributed by atoms with E-state index in [2.05, 4.69) is 113 Å². The van der Waals surface area contributed by atoms with Gasteiger partial charge in [0.1, 0.15) is 12.6 Å². The lowest BCUT2D eigenvalue weighted by Crippen LogP contribution is -2.11. The number of hydrogen-bond acceptors (Lipinski definition) is 2. The fraction of sp³-hybridized carbons (Fsp3) is 0.429. The topological polar surface area (TPSA) is 34.1 Å². The van der Waals surface area contributed by atoms with Crippen molar-refractivity contribution in [2.45, 2.75) is 72.6 Å². The molecule has 0 aliphatic carbocycles. The minimum absolute atomic E-state index is 0.116. The Labute approximate surface area is 198 Å². The molecule has 0 saturated carbocycles. The Balaban J connectivity index is 0.000000492. The summed E-state index contributed by atoms with van der Waals surface area (Å²) < 4.78 is 1.14. The van der Waals surface area contributed by atoms with Crippen LogP contribution in [0.1, 0.15) is 72.1 Å². The zero-order valence-corrected chi connectivity index (χ0v) is 22.0. The maximum Gasteiger partial charge on any atom is 0.145 e. The monoisotopic (exact) mass is 486 g/mol. The van der Waals surface area contributed by atoms with Crippen LogP contribution >= 0.6 is 15.9 Å². The average Bonchev–Trinajstić information content (AvgIpc) is 2.68. The Morgan fingerprint density at radius 3 is 1.52 bits per heavy atom.